The molecular formula is C24H35N5OS2. The Morgan fingerprint density at radius 1 is 1.25 bits per heavy atom. The van der Waals surface area contributed by atoms with Crippen molar-refractivity contribution >= 4 is 29.0 Å². The number of carbonyl (C=O) groups excluding carboxylic acids is 1. The number of thiophene rings is 1. The molecule has 2 saturated carbocycles. The van der Waals surface area contributed by atoms with E-state index in [0.29, 0.717) is 23.8 Å². The molecule has 2 aromatic rings. The van der Waals surface area contributed by atoms with Gasteiger partial charge in [0, 0.05) is 25.2 Å². The van der Waals surface area contributed by atoms with E-state index in [4.69, 9.17) is 0 Å². The van der Waals surface area contributed by atoms with Crippen LogP contribution < -0.4 is 5.32 Å². The van der Waals surface area contributed by atoms with E-state index in [2.05, 4.69) is 56.3 Å². The molecule has 0 radical (unpaired) electrons. The van der Waals surface area contributed by atoms with Crippen LogP contribution in [-0.2, 0) is 4.79 Å². The van der Waals surface area contributed by atoms with Crippen LogP contribution in [0.3, 0.4) is 0 Å². The highest BCUT2D eigenvalue weighted by Crippen LogP contribution is 2.53. The Hall–Kier alpha value is -1.38. The Kier molecular flexibility index (Phi) is 6.90. The number of fused-ring (bicyclic) bond motifs is 2. The quantitative estimate of drug-likeness (QED) is 0.563. The van der Waals surface area contributed by atoms with Crippen LogP contribution >= 0.6 is 23.1 Å². The summed E-state index contributed by atoms with van der Waals surface area (Å²) in [4.78, 5) is 16.3. The van der Waals surface area contributed by atoms with Crippen molar-refractivity contribution in [1.29, 1.82) is 0 Å². The highest BCUT2D eigenvalue weighted by atomic mass is 32.2. The molecule has 6 nitrogen and oxygen atoms in total. The first-order valence-electron chi connectivity index (χ1n) is 12.3. The van der Waals surface area contributed by atoms with Gasteiger partial charge in [-0.05, 0) is 74.8 Å². The number of carbonyl (C=O) groups is 1. The van der Waals surface area contributed by atoms with Gasteiger partial charge in [0.2, 0.25) is 5.91 Å². The minimum absolute atomic E-state index is 0.116. The molecule has 1 aliphatic heterocycles. The Bertz CT molecular complexity index is 906. The first-order chi connectivity index (χ1) is 15.6. The monoisotopic (exact) mass is 473 g/mol. The Balaban J connectivity index is 1.27. The van der Waals surface area contributed by atoms with E-state index in [0.717, 1.165) is 60.2 Å². The van der Waals surface area contributed by atoms with Gasteiger partial charge in [-0.25, -0.2) is 0 Å². The Morgan fingerprint density at radius 3 is 2.75 bits per heavy atom. The average molecular weight is 474 g/mol. The molecule has 32 heavy (non-hydrogen) atoms. The van der Waals surface area contributed by atoms with Gasteiger partial charge in [0.15, 0.2) is 11.0 Å². The fraction of sp³-hybridized carbons (Fsp3) is 0.708. The molecule has 1 saturated heterocycles. The smallest absolute Gasteiger partial charge is 0.230 e. The van der Waals surface area contributed by atoms with E-state index >= 15 is 0 Å². The summed E-state index contributed by atoms with van der Waals surface area (Å²) in [7, 11) is 0. The molecule has 174 valence electrons. The molecule has 4 unspecified atom stereocenters. The summed E-state index contributed by atoms with van der Waals surface area (Å²) in [5, 5.41) is 15.4. The average Bonchev–Trinajstić information content (AvgIpc) is 3.61. The highest BCUT2D eigenvalue weighted by Gasteiger charge is 2.43. The number of likely N-dealkylation sites (tertiary alicyclic amines) is 1. The molecule has 3 heterocycles. The molecule has 4 atom stereocenters. The second kappa shape index (κ2) is 9.85. The minimum atomic E-state index is 0.116. The van der Waals surface area contributed by atoms with Crippen molar-refractivity contribution in [2.75, 3.05) is 25.4 Å². The van der Waals surface area contributed by atoms with E-state index in [1.807, 2.05) is 0 Å². The van der Waals surface area contributed by atoms with Crippen molar-refractivity contribution in [2.45, 2.75) is 69.6 Å². The zero-order valence-corrected chi connectivity index (χ0v) is 20.8. The summed E-state index contributed by atoms with van der Waals surface area (Å²) in [5.74, 6) is 3.93. The van der Waals surface area contributed by atoms with Crippen LogP contribution in [0.5, 0.6) is 0 Å². The second-order valence-corrected chi connectivity index (χ2v) is 11.7. The van der Waals surface area contributed by atoms with Gasteiger partial charge in [-0.15, -0.1) is 21.5 Å². The molecule has 1 N–H and O–H groups in total. The van der Waals surface area contributed by atoms with E-state index in [1.165, 1.54) is 25.7 Å². The molecule has 3 aliphatic rings. The number of hydrogen-bond acceptors (Lipinski definition) is 6. The van der Waals surface area contributed by atoms with Crippen molar-refractivity contribution in [3.63, 3.8) is 0 Å². The van der Waals surface area contributed by atoms with Gasteiger partial charge in [0.1, 0.15) is 0 Å². The van der Waals surface area contributed by atoms with Crippen molar-refractivity contribution in [2.24, 2.45) is 17.8 Å². The number of thioether (sulfide) groups is 1. The molecule has 3 fully saturated rings. The largest absolute Gasteiger partial charge is 0.353 e. The summed E-state index contributed by atoms with van der Waals surface area (Å²) < 4.78 is 2.34. The lowest BCUT2D eigenvalue weighted by Gasteiger charge is -2.31. The zero-order valence-electron chi connectivity index (χ0n) is 19.2. The second-order valence-electron chi connectivity index (χ2n) is 9.80. The van der Waals surface area contributed by atoms with E-state index < -0.39 is 0 Å². The van der Waals surface area contributed by atoms with E-state index in [1.54, 1.807) is 23.1 Å². The van der Waals surface area contributed by atoms with Gasteiger partial charge in [-0.2, -0.15) is 0 Å². The molecule has 2 bridgehead atoms. The molecule has 0 aromatic carbocycles. The van der Waals surface area contributed by atoms with Crippen LogP contribution in [0, 0.1) is 17.8 Å². The zero-order chi connectivity index (χ0) is 22.1. The third-order valence-corrected chi connectivity index (χ3v) is 9.77. The van der Waals surface area contributed by atoms with Crippen molar-refractivity contribution in [3.8, 4) is 10.7 Å². The predicted molar refractivity (Wildman–Crippen MR) is 131 cm³/mol. The summed E-state index contributed by atoms with van der Waals surface area (Å²) in [5.41, 5.74) is 0. The van der Waals surface area contributed by atoms with E-state index in [-0.39, 0.29) is 5.91 Å². The van der Waals surface area contributed by atoms with Crippen LogP contribution in [0.2, 0.25) is 0 Å². The number of hydrogen-bond donors (Lipinski definition) is 1. The number of rotatable bonds is 8. The standard InChI is InChI=1S/C24H35N5OS2/c1-3-28-10-8-19(9-11-28)25-22(30)15-32-24-27-26-23(21-5-4-12-31-21)29(24)16(2)20-14-17-6-7-18(20)13-17/h4-5,12,16-20H,3,6-11,13-15H2,1-2H3,(H,25,30). The Labute approximate surface area is 199 Å². The molecule has 0 spiro atoms. The third-order valence-electron chi connectivity index (χ3n) is 7.96. The summed E-state index contributed by atoms with van der Waals surface area (Å²) >= 11 is 3.26. The lowest BCUT2D eigenvalue weighted by molar-refractivity contribution is -0.119. The van der Waals surface area contributed by atoms with E-state index in [9.17, 15) is 4.79 Å². The fourth-order valence-electron chi connectivity index (χ4n) is 6.19. The van der Waals surface area contributed by atoms with Gasteiger partial charge >= 0.3 is 0 Å². The molecule has 2 aromatic heterocycles. The van der Waals surface area contributed by atoms with Crippen molar-refractivity contribution < 1.29 is 4.79 Å². The minimum Gasteiger partial charge on any atom is -0.353 e. The maximum Gasteiger partial charge on any atom is 0.230 e. The number of piperidine rings is 1. The molecular weight excluding hydrogens is 438 g/mol. The lowest BCUT2D eigenvalue weighted by Crippen LogP contribution is -2.45. The van der Waals surface area contributed by atoms with Gasteiger partial charge in [0.05, 0.1) is 10.6 Å². The summed E-state index contributed by atoms with van der Waals surface area (Å²) in [6.07, 6.45) is 7.60. The number of nitrogens with one attached hydrogen (secondary N) is 1. The highest BCUT2D eigenvalue weighted by molar-refractivity contribution is 7.99. The molecule has 8 heteroatoms. The van der Waals surface area contributed by atoms with Gasteiger partial charge in [-0.1, -0.05) is 31.2 Å². The number of amides is 1. The Morgan fingerprint density at radius 2 is 2.09 bits per heavy atom. The first-order valence-corrected chi connectivity index (χ1v) is 14.1. The third kappa shape index (κ3) is 4.64. The predicted octanol–water partition coefficient (Wildman–Crippen LogP) is 4.70. The van der Waals surface area contributed by atoms with Crippen molar-refractivity contribution in [3.05, 3.63) is 17.5 Å². The van der Waals surface area contributed by atoms with Gasteiger partial charge in [0.25, 0.3) is 0 Å². The normalized spacial score (nSPS) is 27.1. The van der Waals surface area contributed by atoms with Crippen LogP contribution in [0.15, 0.2) is 22.7 Å². The van der Waals surface area contributed by atoms with Gasteiger partial charge < -0.3 is 10.2 Å². The number of nitrogens with zero attached hydrogens (tertiary/aromatic N) is 4. The molecule has 1 amide bonds. The summed E-state index contributed by atoms with van der Waals surface area (Å²) in [6, 6.07) is 4.87. The molecule has 5 rings (SSSR count). The lowest BCUT2D eigenvalue weighted by atomic mass is 9.84. The van der Waals surface area contributed by atoms with Crippen LogP contribution in [-0.4, -0.2) is 57.0 Å². The van der Waals surface area contributed by atoms with Crippen LogP contribution in [0.25, 0.3) is 10.7 Å². The maximum atomic E-state index is 12.7. The SMILES string of the molecule is CCN1CCC(NC(=O)CSc2nnc(-c3cccs3)n2C(C)C2CC3CCC2C3)CC1. The maximum absolute atomic E-state index is 12.7. The van der Waals surface area contributed by atoms with Crippen LogP contribution in [0.1, 0.15) is 58.4 Å². The van der Waals surface area contributed by atoms with Gasteiger partial charge in [-0.3, -0.25) is 9.36 Å². The number of aromatic nitrogens is 3. The topological polar surface area (TPSA) is 63.1 Å². The van der Waals surface area contributed by atoms with Crippen molar-refractivity contribution in [1.82, 2.24) is 25.0 Å². The summed E-state index contributed by atoms with van der Waals surface area (Å²) in [6.45, 7) is 7.80. The fourth-order valence-corrected chi connectivity index (χ4v) is 7.72. The first kappa shape index (κ1) is 22.4. The molecule has 2 aliphatic carbocycles. The van der Waals surface area contributed by atoms with Crippen LogP contribution in [0.4, 0.5) is 0 Å².